The van der Waals surface area contributed by atoms with Gasteiger partial charge in [0.1, 0.15) is 6.10 Å². The van der Waals surface area contributed by atoms with Crippen LogP contribution in [-0.2, 0) is 4.74 Å². The van der Waals surface area contributed by atoms with E-state index in [0.717, 1.165) is 57.6 Å². The van der Waals surface area contributed by atoms with Crippen molar-refractivity contribution in [2.45, 2.75) is 37.3 Å². The van der Waals surface area contributed by atoms with E-state index in [2.05, 4.69) is 9.88 Å². The number of hydrogen-bond donors (Lipinski definition) is 2. The van der Waals surface area contributed by atoms with Crippen molar-refractivity contribution in [2.75, 3.05) is 32.0 Å². The van der Waals surface area contributed by atoms with Crippen LogP contribution in [0.3, 0.4) is 0 Å². The highest BCUT2D eigenvalue weighted by Crippen LogP contribution is 2.45. The van der Waals surface area contributed by atoms with Gasteiger partial charge in [-0.05, 0) is 18.9 Å². The lowest BCUT2D eigenvalue weighted by Gasteiger charge is -2.46. The number of ether oxygens (including phenoxy) is 1. The number of rotatable bonds is 3. The quantitative estimate of drug-likeness (QED) is 0.872. The number of nitrogen functional groups attached to an aromatic ring is 1. The van der Waals surface area contributed by atoms with E-state index in [1.165, 1.54) is 0 Å². The van der Waals surface area contributed by atoms with Crippen molar-refractivity contribution in [3.05, 3.63) is 24.0 Å². The maximum Gasteiger partial charge on any atom is 0.101 e. The van der Waals surface area contributed by atoms with Crippen LogP contribution in [0.4, 0.5) is 5.69 Å². The number of aliphatic hydroxyl groups is 1. The number of hydrogen-bond acceptors (Lipinski definition) is 5. The third-order valence-corrected chi connectivity index (χ3v) is 4.80. The lowest BCUT2D eigenvalue weighted by molar-refractivity contribution is -0.0773. The Labute approximate surface area is 119 Å². The molecule has 1 atom stereocenters. The molecule has 0 spiro atoms. The molecule has 0 amide bonds. The fourth-order valence-corrected chi connectivity index (χ4v) is 3.69. The summed E-state index contributed by atoms with van der Waals surface area (Å²) in [6.45, 7) is 3.27. The molecule has 5 heteroatoms. The first-order valence-corrected chi connectivity index (χ1v) is 7.44. The van der Waals surface area contributed by atoms with E-state index >= 15 is 0 Å². The summed E-state index contributed by atoms with van der Waals surface area (Å²) in [6, 6.07) is 1.76. The fraction of sp³-hybridized carbons (Fsp3) is 0.667. The lowest BCUT2D eigenvalue weighted by Crippen LogP contribution is -2.55. The van der Waals surface area contributed by atoms with E-state index in [9.17, 15) is 5.11 Å². The summed E-state index contributed by atoms with van der Waals surface area (Å²) in [5.41, 5.74) is 7.24. The van der Waals surface area contributed by atoms with Gasteiger partial charge in [-0.3, -0.25) is 9.88 Å². The van der Waals surface area contributed by atoms with Crippen molar-refractivity contribution in [1.82, 2.24) is 9.88 Å². The molecule has 1 aliphatic carbocycles. The summed E-state index contributed by atoms with van der Waals surface area (Å²) < 4.78 is 5.45. The van der Waals surface area contributed by atoms with Crippen molar-refractivity contribution in [2.24, 2.45) is 0 Å². The van der Waals surface area contributed by atoms with Crippen LogP contribution in [0.5, 0.6) is 0 Å². The molecule has 0 radical (unpaired) electrons. The normalized spacial score (nSPS) is 24.6. The highest BCUT2D eigenvalue weighted by Gasteiger charge is 2.46. The molecule has 2 aliphatic rings. The third-order valence-electron chi connectivity index (χ3n) is 4.80. The van der Waals surface area contributed by atoms with E-state index in [0.29, 0.717) is 5.69 Å². The van der Waals surface area contributed by atoms with Crippen LogP contribution in [0.25, 0.3) is 0 Å². The minimum Gasteiger partial charge on any atom is -0.398 e. The van der Waals surface area contributed by atoms with E-state index in [-0.39, 0.29) is 5.54 Å². The number of pyridine rings is 1. The number of nitrogens with zero attached hydrogens (tertiary/aromatic N) is 2. The molecule has 1 saturated heterocycles. The van der Waals surface area contributed by atoms with Gasteiger partial charge in [0.2, 0.25) is 0 Å². The summed E-state index contributed by atoms with van der Waals surface area (Å²) in [4.78, 5) is 6.53. The number of anilines is 1. The zero-order valence-electron chi connectivity index (χ0n) is 11.8. The van der Waals surface area contributed by atoms with Gasteiger partial charge < -0.3 is 15.6 Å². The maximum absolute atomic E-state index is 11.0. The van der Waals surface area contributed by atoms with Crippen molar-refractivity contribution >= 4 is 5.69 Å². The first kappa shape index (κ1) is 13.8. The highest BCUT2D eigenvalue weighted by molar-refractivity contribution is 5.47. The molecule has 0 aromatic carbocycles. The molecule has 1 unspecified atom stereocenters. The first-order chi connectivity index (χ1) is 9.74. The Morgan fingerprint density at radius 1 is 1.30 bits per heavy atom. The minimum absolute atomic E-state index is 0.194. The van der Waals surface area contributed by atoms with Crippen molar-refractivity contribution in [3.63, 3.8) is 0 Å². The summed E-state index contributed by atoms with van der Waals surface area (Å²) >= 11 is 0. The largest absolute Gasteiger partial charge is 0.398 e. The molecule has 110 valence electrons. The van der Waals surface area contributed by atoms with Gasteiger partial charge in [0.05, 0.1) is 18.8 Å². The van der Waals surface area contributed by atoms with Gasteiger partial charge >= 0.3 is 0 Å². The van der Waals surface area contributed by atoms with Gasteiger partial charge in [-0.2, -0.15) is 0 Å². The van der Waals surface area contributed by atoms with E-state index in [1.54, 1.807) is 18.5 Å². The van der Waals surface area contributed by atoms with Crippen LogP contribution in [0, 0.1) is 0 Å². The highest BCUT2D eigenvalue weighted by atomic mass is 16.5. The summed E-state index contributed by atoms with van der Waals surface area (Å²) in [6.07, 6.45) is 7.16. The molecule has 3 rings (SSSR count). The Hall–Kier alpha value is -1.17. The van der Waals surface area contributed by atoms with Crippen molar-refractivity contribution in [1.29, 1.82) is 0 Å². The van der Waals surface area contributed by atoms with Gasteiger partial charge in [0.25, 0.3) is 0 Å². The fourth-order valence-electron chi connectivity index (χ4n) is 3.69. The second-order valence-corrected chi connectivity index (χ2v) is 5.82. The SMILES string of the molecule is Nc1ccncc1C(O)C1(N2CCOCC2)CCCC1. The zero-order chi connectivity index (χ0) is 14.0. The molecule has 2 fully saturated rings. The van der Waals surface area contributed by atoms with Crippen LogP contribution < -0.4 is 5.73 Å². The number of morpholine rings is 1. The average molecular weight is 277 g/mol. The maximum atomic E-state index is 11.0. The Morgan fingerprint density at radius 2 is 2.00 bits per heavy atom. The van der Waals surface area contributed by atoms with Crippen molar-refractivity contribution in [3.8, 4) is 0 Å². The second-order valence-electron chi connectivity index (χ2n) is 5.82. The Kier molecular flexibility index (Phi) is 3.92. The molecule has 1 aromatic heterocycles. The van der Waals surface area contributed by atoms with E-state index in [1.807, 2.05) is 0 Å². The van der Waals surface area contributed by atoms with Gasteiger partial charge in [0.15, 0.2) is 0 Å². The molecule has 1 aromatic rings. The first-order valence-electron chi connectivity index (χ1n) is 7.44. The smallest absolute Gasteiger partial charge is 0.101 e. The zero-order valence-corrected chi connectivity index (χ0v) is 11.8. The molecule has 5 nitrogen and oxygen atoms in total. The predicted molar refractivity (Wildman–Crippen MR) is 77.2 cm³/mol. The van der Waals surface area contributed by atoms with Crippen LogP contribution in [0.1, 0.15) is 37.4 Å². The number of nitrogens with two attached hydrogens (primary N) is 1. The molecule has 1 saturated carbocycles. The molecule has 0 bridgehead atoms. The second kappa shape index (κ2) is 5.68. The minimum atomic E-state index is -0.572. The third kappa shape index (κ3) is 2.30. The molecule has 20 heavy (non-hydrogen) atoms. The van der Waals surface area contributed by atoms with Gasteiger partial charge in [0, 0.05) is 36.7 Å². The average Bonchev–Trinajstić information content (AvgIpc) is 2.99. The van der Waals surface area contributed by atoms with E-state index in [4.69, 9.17) is 10.5 Å². The summed E-state index contributed by atoms with van der Waals surface area (Å²) in [5, 5.41) is 11.0. The molecular formula is C15H23N3O2. The van der Waals surface area contributed by atoms with Gasteiger partial charge in [-0.25, -0.2) is 0 Å². The van der Waals surface area contributed by atoms with Crippen LogP contribution >= 0.6 is 0 Å². The van der Waals surface area contributed by atoms with Crippen molar-refractivity contribution < 1.29 is 9.84 Å². The number of aliphatic hydroxyl groups excluding tert-OH is 1. The monoisotopic (exact) mass is 277 g/mol. The molecule has 2 heterocycles. The Bertz CT molecular complexity index is 454. The topological polar surface area (TPSA) is 71.6 Å². The van der Waals surface area contributed by atoms with Crippen LogP contribution in [-0.4, -0.2) is 46.8 Å². The van der Waals surface area contributed by atoms with Crippen LogP contribution in [0.2, 0.25) is 0 Å². The van der Waals surface area contributed by atoms with Crippen LogP contribution in [0.15, 0.2) is 18.5 Å². The molecule has 3 N–H and O–H groups in total. The van der Waals surface area contributed by atoms with Gasteiger partial charge in [-0.1, -0.05) is 12.8 Å². The Morgan fingerprint density at radius 3 is 2.65 bits per heavy atom. The van der Waals surface area contributed by atoms with Gasteiger partial charge in [-0.15, -0.1) is 0 Å². The summed E-state index contributed by atoms with van der Waals surface area (Å²) in [7, 11) is 0. The van der Waals surface area contributed by atoms with E-state index < -0.39 is 6.10 Å². The predicted octanol–water partition coefficient (Wildman–Crippen LogP) is 1.34. The standard InChI is InChI=1S/C15H23N3O2/c16-13-3-6-17-11-12(13)14(19)15(4-1-2-5-15)18-7-9-20-10-8-18/h3,6,11,14,19H,1-2,4-5,7-10H2,(H2,16,17). The lowest BCUT2D eigenvalue weighted by atomic mass is 9.83. The summed E-state index contributed by atoms with van der Waals surface area (Å²) in [5.74, 6) is 0. The Balaban J connectivity index is 1.91. The molecular weight excluding hydrogens is 254 g/mol. The number of aromatic nitrogens is 1. The molecule has 1 aliphatic heterocycles.